The maximum atomic E-state index is 10.1. The lowest BCUT2D eigenvalue weighted by atomic mass is 10.4. The van der Waals surface area contributed by atoms with Gasteiger partial charge in [0.2, 0.25) is 0 Å². The third-order valence-electron chi connectivity index (χ3n) is 1.39. The molecule has 0 aliphatic carbocycles. The van der Waals surface area contributed by atoms with Crippen molar-refractivity contribution in [3.05, 3.63) is 17.3 Å². The fourth-order valence-corrected chi connectivity index (χ4v) is 0.825. The topological polar surface area (TPSA) is 87.7 Å². The summed E-state index contributed by atoms with van der Waals surface area (Å²) in [6.45, 7) is -0.228. The summed E-state index contributed by atoms with van der Waals surface area (Å²) in [5.41, 5.74) is 0. The Balaban J connectivity index is 2.67. The van der Waals surface area contributed by atoms with Crippen LogP contribution < -0.4 is 0 Å². The number of aliphatic hydroxyl groups is 2. The van der Waals surface area contributed by atoms with Crippen LogP contribution in [0.25, 0.3) is 0 Å². The Morgan fingerprint density at radius 3 is 3.08 bits per heavy atom. The fraction of sp³-hybridized carbons (Fsp3) is 0.500. The number of hydrogen-bond acceptors (Lipinski definition) is 5. The van der Waals surface area contributed by atoms with Crippen LogP contribution in [0.3, 0.4) is 0 Å². The van der Waals surface area contributed by atoms with E-state index in [1.807, 2.05) is 0 Å². The summed E-state index contributed by atoms with van der Waals surface area (Å²) < 4.78 is 1.37. The van der Waals surface area contributed by atoms with E-state index in [4.69, 9.17) is 10.2 Å². The number of nitroso groups, excluding NO2 is 1. The van der Waals surface area contributed by atoms with Gasteiger partial charge in [-0.1, -0.05) is 0 Å². The first kappa shape index (κ1) is 8.82. The number of rotatable bonds is 4. The number of aromatic nitrogens is 2. The van der Waals surface area contributed by atoms with Gasteiger partial charge in [-0.2, -0.15) is 0 Å². The minimum Gasteiger partial charge on any atom is -0.394 e. The molecule has 1 heterocycles. The molecule has 1 atom stereocenters. The van der Waals surface area contributed by atoms with Crippen LogP contribution in [0.2, 0.25) is 0 Å². The number of hydrogen-bond donors (Lipinski definition) is 2. The standard InChI is InChI=1S/C6H9N3O3/c10-4-5(11)3-9-2-1-7-6(9)8-12/h1-2,5,10-11H,3-4H2. The van der Waals surface area contributed by atoms with Crippen molar-refractivity contribution < 1.29 is 10.2 Å². The highest BCUT2D eigenvalue weighted by Crippen LogP contribution is 2.07. The van der Waals surface area contributed by atoms with Crippen LogP contribution in [-0.4, -0.2) is 32.5 Å². The molecular weight excluding hydrogens is 162 g/mol. The van der Waals surface area contributed by atoms with Crippen molar-refractivity contribution in [2.45, 2.75) is 12.6 Å². The van der Waals surface area contributed by atoms with Crippen molar-refractivity contribution in [2.75, 3.05) is 6.61 Å². The zero-order valence-corrected chi connectivity index (χ0v) is 6.29. The van der Waals surface area contributed by atoms with Gasteiger partial charge in [-0.05, 0) is 0 Å². The molecule has 1 unspecified atom stereocenters. The second kappa shape index (κ2) is 3.93. The maximum Gasteiger partial charge on any atom is 0.271 e. The van der Waals surface area contributed by atoms with Gasteiger partial charge in [0.15, 0.2) is 0 Å². The molecule has 0 aromatic carbocycles. The molecule has 2 N–H and O–H groups in total. The molecular formula is C6H9N3O3. The van der Waals surface area contributed by atoms with Gasteiger partial charge in [0.05, 0.1) is 19.3 Å². The van der Waals surface area contributed by atoms with Crippen molar-refractivity contribution in [1.29, 1.82) is 0 Å². The van der Waals surface area contributed by atoms with Gasteiger partial charge in [0.1, 0.15) is 0 Å². The van der Waals surface area contributed by atoms with E-state index in [9.17, 15) is 4.91 Å². The molecule has 1 rings (SSSR count). The quantitative estimate of drug-likeness (QED) is 0.605. The molecule has 0 bridgehead atoms. The smallest absolute Gasteiger partial charge is 0.271 e. The van der Waals surface area contributed by atoms with E-state index in [1.54, 1.807) is 0 Å². The molecule has 1 aromatic rings. The number of imidazole rings is 1. The maximum absolute atomic E-state index is 10.1. The predicted octanol–water partition coefficient (Wildman–Crippen LogP) is -0.366. The minimum atomic E-state index is -0.889. The Labute approximate surface area is 68.4 Å². The highest BCUT2D eigenvalue weighted by molar-refractivity contribution is 5.15. The molecule has 0 aliphatic heterocycles. The summed E-state index contributed by atoms with van der Waals surface area (Å²) in [5, 5.41) is 20.1. The Kier molecular flexibility index (Phi) is 2.89. The van der Waals surface area contributed by atoms with Crippen LogP contribution in [0.15, 0.2) is 17.6 Å². The zero-order valence-electron chi connectivity index (χ0n) is 6.29. The predicted molar refractivity (Wildman–Crippen MR) is 40.8 cm³/mol. The van der Waals surface area contributed by atoms with E-state index in [1.165, 1.54) is 17.0 Å². The molecule has 0 radical (unpaired) electrons. The summed E-state index contributed by atoms with van der Waals surface area (Å²) in [4.78, 5) is 13.7. The Hall–Kier alpha value is -1.27. The lowest BCUT2D eigenvalue weighted by Gasteiger charge is -2.07. The molecule has 66 valence electrons. The van der Waals surface area contributed by atoms with Gasteiger partial charge in [0, 0.05) is 17.6 Å². The van der Waals surface area contributed by atoms with Crippen molar-refractivity contribution in [3.8, 4) is 0 Å². The molecule has 0 fully saturated rings. The summed E-state index contributed by atoms with van der Waals surface area (Å²) in [7, 11) is 0. The summed E-state index contributed by atoms with van der Waals surface area (Å²) in [6, 6.07) is 0. The van der Waals surface area contributed by atoms with Crippen molar-refractivity contribution >= 4 is 5.95 Å². The van der Waals surface area contributed by atoms with Gasteiger partial charge in [-0.25, -0.2) is 4.98 Å². The summed E-state index contributed by atoms with van der Waals surface area (Å²) in [6.07, 6.45) is 2.02. The lowest BCUT2D eigenvalue weighted by molar-refractivity contribution is 0.0816. The fourth-order valence-electron chi connectivity index (χ4n) is 0.825. The second-order valence-corrected chi connectivity index (χ2v) is 2.31. The summed E-state index contributed by atoms with van der Waals surface area (Å²) >= 11 is 0. The van der Waals surface area contributed by atoms with Crippen LogP contribution in [0.5, 0.6) is 0 Å². The lowest BCUT2D eigenvalue weighted by Crippen LogP contribution is -2.19. The molecule has 12 heavy (non-hydrogen) atoms. The van der Waals surface area contributed by atoms with Gasteiger partial charge in [-0.3, -0.25) is 0 Å². The van der Waals surface area contributed by atoms with Gasteiger partial charge >= 0.3 is 0 Å². The number of aliphatic hydroxyl groups excluding tert-OH is 2. The molecule has 0 saturated heterocycles. The highest BCUT2D eigenvalue weighted by atomic mass is 16.3. The van der Waals surface area contributed by atoms with Gasteiger partial charge in [-0.15, -0.1) is 4.91 Å². The SMILES string of the molecule is O=Nc1nccn1CC(O)CO. The zero-order chi connectivity index (χ0) is 8.97. The first-order chi connectivity index (χ1) is 5.77. The summed E-state index contributed by atoms with van der Waals surface area (Å²) in [5.74, 6) is 0.00231. The Morgan fingerprint density at radius 1 is 1.75 bits per heavy atom. The molecule has 6 nitrogen and oxygen atoms in total. The van der Waals surface area contributed by atoms with E-state index < -0.39 is 6.10 Å². The van der Waals surface area contributed by atoms with Gasteiger partial charge in [0.25, 0.3) is 5.95 Å². The van der Waals surface area contributed by atoms with Crippen molar-refractivity contribution in [2.24, 2.45) is 5.18 Å². The second-order valence-electron chi connectivity index (χ2n) is 2.31. The molecule has 0 saturated carbocycles. The normalized spacial score (nSPS) is 12.8. The van der Waals surface area contributed by atoms with Crippen LogP contribution in [0, 0.1) is 4.91 Å². The highest BCUT2D eigenvalue weighted by Gasteiger charge is 2.07. The van der Waals surface area contributed by atoms with Crippen LogP contribution in [-0.2, 0) is 6.54 Å². The van der Waals surface area contributed by atoms with Crippen LogP contribution in [0.1, 0.15) is 0 Å². The van der Waals surface area contributed by atoms with Crippen LogP contribution in [0.4, 0.5) is 5.95 Å². The molecule has 0 aliphatic rings. The Morgan fingerprint density at radius 2 is 2.50 bits per heavy atom. The monoisotopic (exact) mass is 171 g/mol. The van der Waals surface area contributed by atoms with Crippen LogP contribution >= 0.6 is 0 Å². The van der Waals surface area contributed by atoms with E-state index >= 15 is 0 Å². The molecule has 1 aromatic heterocycles. The molecule has 0 spiro atoms. The minimum absolute atomic E-state index is 0.00231. The van der Waals surface area contributed by atoms with E-state index in [-0.39, 0.29) is 19.1 Å². The van der Waals surface area contributed by atoms with Crippen molar-refractivity contribution in [3.63, 3.8) is 0 Å². The van der Waals surface area contributed by atoms with E-state index in [0.29, 0.717) is 0 Å². The largest absolute Gasteiger partial charge is 0.394 e. The Bertz CT molecular complexity index is 260. The first-order valence-electron chi connectivity index (χ1n) is 3.41. The van der Waals surface area contributed by atoms with Crippen molar-refractivity contribution in [1.82, 2.24) is 9.55 Å². The van der Waals surface area contributed by atoms with E-state index in [0.717, 1.165) is 0 Å². The molecule has 6 heteroatoms. The third kappa shape index (κ3) is 1.86. The average Bonchev–Trinajstić information content (AvgIpc) is 2.51. The van der Waals surface area contributed by atoms with E-state index in [2.05, 4.69) is 10.2 Å². The molecule has 0 amide bonds. The first-order valence-corrected chi connectivity index (χ1v) is 3.41. The third-order valence-corrected chi connectivity index (χ3v) is 1.39. The van der Waals surface area contributed by atoms with Gasteiger partial charge < -0.3 is 14.8 Å². The average molecular weight is 171 g/mol. The number of nitrogens with zero attached hydrogens (tertiary/aromatic N) is 3.